The first kappa shape index (κ1) is 6.15. The fourth-order valence-corrected chi connectivity index (χ4v) is 1.01. The van der Waals surface area contributed by atoms with Crippen LogP contribution in [0, 0.1) is 0 Å². The lowest BCUT2D eigenvalue weighted by molar-refractivity contribution is -0.120. The highest BCUT2D eigenvalue weighted by molar-refractivity contribution is 6.05. The van der Waals surface area contributed by atoms with Gasteiger partial charge in [0.05, 0.1) is 6.42 Å². The Labute approximate surface area is 63.9 Å². The zero-order valence-corrected chi connectivity index (χ0v) is 5.82. The summed E-state index contributed by atoms with van der Waals surface area (Å²) in [6.45, 7) is 0. The van der Waals surface area contributed by atoms with Crippen molar-refractivity contribution in [3.63, 3.8) is 0 Å². The monoisotopic (exact) mass is 149 g/mol. The van der Waals surface area contributed by atoms with Gasteiger partial charge in [0.1, 0.15) is 5.84 Å². The Bertz CT molecular complexity index is 277. The molecule has 0 atom stereocenters. The van der Waals surface area contributed by atoms with Crippen LogP contribution in [0.4, 0.5) is 0 Å². The van der Waals surface area contributed by atoms with Gasteiger partial charge in [0.25, 0.3) is 0 Å². The number of hydrogen-bond donors (Lipinski definition) is 1. The highest BCUT2D eigenvalue weighted by atomic mass is 16.2. The quantitative estimate of drug-likeness (QED) is 0.533. The van der Waals surface area contributed by atoms with Gasteiger partial charge in [-0.1, -0.05) is 0 Å². The van der Waals surface area contributed by atoms with Gasteiger partial charge >= 0.3 is 0 Å². The van der Waals surface area contributed by atoms with Gasteiger partial charge in [-0.3, -0.25) is 10.2 Å². The van der Waals surface area contributed by atoms with E-state index >= 15 is 0 Å². The third kappa shape index (κ3) is 1.02. The van der Waals surface area contributed by atoms with Gasteiger partial charge in [0.2, 0.25) is 5.91 Å². The zero-order valence-electron chi connectivity index (χ0n) is 5.82. The highest BCUT2D eigenvalue weighted by Crippen LogP contribution is 2.06. The molecule has 4 nitrogen and oxygen atoms in total. The van der Waals surface area contributed by atoms with Gasteiger partial charge in [-0.2, -0.15) is 0 Å². The number of amides is 1. The number of nitrogens with zero attached hydrogens (tertiary/aromatic N) is 2. The summed E-state index contributed by atoms with van der Waals surface area (Å²) in [5.74, 6) is 0.740. The van der Waals surface area contributed by atoms with Crippen molar-refractivity contribution in [2.24, 2.45) is 4.99 Å². The largest absolute Gasteiger partial charge is 0.273 e. The molecule has 1 N–H and O–H groups in total. The van der Waals surface area contributed by atoms with E-state index in [1.807, 2.05) is 12.2 Å². The topological polar surface area (TPSA) is 44.7 Å². The van der Waals surface area contributed by atoms with Gasteiger partial charge in [-0.25, -0.2) is 10.0 Å². The smallest absolute Gasteiger partial charge is 0.246 e. The fraction of sp³-hybridized carbons (Fsp3) is 0.143. The Kier molecular flexibility index (Phi) is 1.25. The summed E-state index contributed by atoms with van der Waals surface area (Å²) in [5.41, 5.74) is 2.63. The summed E-state index contributed by atoms with van der Waals surface area (Å²) in [7, 11) is 0. The second kappa shape index (κ2) is 2.23. The van der Waals surface area contributed by atoms with Crippen molar-refractivity contribution in [2.75, 3.05) is 0 Å². The maximum absolute atomic E-state index is 10.8. The molecule has 4 heteroatoms. The molecule has 0 aromatic rings. The molecule has 0 bridgehead atoms. The molecule has 2 aliphatic rings. The Balaban J connectivity index is 2.32. The van der Waals surface area contributed by atoms with Crippen LogP contribution < -0.4 is 5.43 Å². The van der Waals surface area contributed by atoms with Crippen LogP contribution in [-0.4, -0.2) is 16.8 Å². The molecule has 0 saturated carbocycles. The molecule has 1 saturated heterocycles. The van der Waals surface area contributed by atoms with Gasteiger partial charge in [-0.15, -0.1) is 0 Å². The fourth-order valence-electron chi connectivity index (χ4n) is 1.01. The van der Waals surface area contributed by atoms with Crippen molar-refractivity contribution in [1.82, 2.24) is 10.4 Å². The van der Waals surface area contributed by atoms with E-state index in [-0.39, 0.29) is 5.91 Å². The average Bonchev–Trinajstić information content (AvgIpc) is 2.17. The van der Waals surface area contributed by atoms with E-state index in [9.17, 15) is 4.79 Å². The number of allylic oxidation sites excluding steroid dienone is 2. The molecule has 0 aliphatic carbocycles. The van der Waals surface area contributed by atoms with E-state index in [2.05, 4.69) is 10.4 Å². The zero-order chi connectivity index (χ0) is 7.68. The third-order valence-electron chi connectivity index (χ3n) is 1.50. The molecule has 0 radical (unpaired) electrons. The molecule has 0 aromatic heterocycles. The predicted molar refractivity (Wildman–Crippen MR) is 40.3 cm³/mol. The van der Waals surface area contributed by atoms with Crippen molar-refractivity contribution in [2.45, 2.75) is 6.42 Å². The van der Waals surface area contributed by atoms with Gasteiger partial charge < -0.3 is 0 Å². The molecular weight excluding hydrogens is 142 g/mol. The van der Waals surface area contributed by atoms with Gasteiger partial charge in [-0.05, 0) is 12.2 Å². The maximum atomic E-state index is 10.8. The van der Waals surface area contributed by atoms with Crippen molar-refractivity contribution in [3.05, 3.63) is 24.6 Å². The second-order valence-electron chi connectivity index (χ2n) is 2.31. The Morgan fingerprint density at radius 2 is 2.45 bits per heavy atom. The lowest BCUT2D eigenvalue weighted by atomic mass is 10.4. The minimum Gasteiger partial charge on any atom is -0.273 e. The first-order valence-corrected chi connectivity index (χ1v) is 3.35. The van der Waals surface area contributed by atoms with Crippen LogP contribution in [-0.2, 0) is 4.79 Å². The molecule has 0 spiro atoms. The predicted octanol–water partition coefficient (Wildman–Crippen LogP) is 0.163. The van der Waals surface area contributed by atoms with Crippen LogP contribution in [0.5, 0.6) is 0 Å². The lowest BCUT2D eigenvalue weighted by Gasteiger charge is -2.09. The van der Waals surface area contributed by atoms with Crippen LogP contribution in [0.3, 0.4) is 0 Å². The number of aliphatic imine (C=N–C) groups is 1. The molecule has 0 unspecified atom stereocenters. The first-order valence-electron chi connectivity index (χ1n) is 3.35. The normalized spacial score (nSPS) is 20.9. The molecule has 0 aromatic carbocycles. The molecule has 1 amide bonds. The van der Waals surface area contributed by atoms with Crippen molar-refractivity contribution in [3.8, 4) is 0 Å². The Hall–Kier alpha value is -1.58. The minimum atomic E-state index is -0.0105. The molecular formula is C7H7N3O. The van der Waals surface area contributed by atoms with Crippen LogP contribution in [0.15, 0.2) is 29.5 Å². The van der Waals surface area contributed by atoms with Crippen LogP contribution >= 0.6 is 0 Å². The Morgan fingerprint density at radius 1 is 1.55 bits per heavy atom. The Morgan fingerprint density at radius 3 is 3.36 bits per heavy atom. The van der Waals surface area contributed by atoms with Gasteiger partial charge in [0, 0.05) is 12.4 Å². The standard InChI is InChI=1S/C7H7N3O/c11-7-5-6-8-3-1-2-4-10(6)9-7/h1-4H,5H2,(H,9,11). The highest BCUT2D eigenvalue weighted by Gasteiger charge is 2.22. The molecule has 2 aliphatic heterocycles. The first-order chi connectivity index (χ1) is 5.36. The molecule has 56 valence electrons. The van der Waals surface area contributed by atoms with Crippen molar-refractivity contribution < 1.29 is 4.79 Å². The van der Waals surface area contributed by atoms with Gasteiger partial charge in [0.15, 0.2) is 0 Å². The summed E-state index contributed by atoms with van der Waals surface area (Å²) in [5, 5.41) is 1.63. The lowest BCUT2D eigenvalue weighted by Crippen LogP contribution is -2.30. The number of rotatable bonds is 0. The molecule has 1 fully saturated rings. The van der Waals surface area contributed by atoms with E-state index in [1.54, 1.807) is 17.4 Å². The number of carbonyl (C=O) groups excluding carboxylic acids is 1. The average molecular weight is 149 g/mol. The third-order valence-corrected chi connectivity index (χ3v) is 1.50. The SMILES string of the molecule is O=C1CC2=NC=CC=CN2N1. The molecule has 2 rings (SSSR count). The number of nitrogens with one attached hydrogen (secondary N) is 1. The number of carbonyl (C=O) groups is 1. The van der Waals surface area contributed by atoms with E-state index < -0.39 is 0 Å². The van der Waals surface area contributed by atoms with Crippen molar-refractivity contribution in [1.29, 1.82) is 0 Å². The van der Waals surface area contributed by atoms with E-state index in [1.165, 1.54) is 0 Å². The summed E-state index contributed by atoms with van der Waals surface area (Å²) in [6, 6.07) is 0. The summed E-state index contributed by atoms with van der Waals surface area (Å²) >= 11 is 0. The van der Waals surface area contributed by atoms with E-state index in [0.717, 1.165) is 5.84 Å². The number of hydrogen-bond acceptors (Lipinski definition) is 3. The number of hydrazine groups is 1. The molecule has 2 heterocycles. The van der Waals surface area contributed by atoms with Crippen molar-refractivity contribution >= 4 is 11.7 Å². The second-order valence-corrected chi connectivity index (χ2v) is 2.31. The maximum Gasteiger partial charge on any atom is 0.246 e. The van der Waals surface area contributed by atoms with E-state index in [4.69, 9.17) is 0 Å². The van der Waals surface area contributed by atoms with Crippen LogP contribution in [0.2, 0.25) is 0 Å². The number of fused-ring (bicyclic) bond motifs is 1. The summed E-state index contributed by atoms with van der Waals surface area (Å²) < 4.78 is 0. The number of amidine groups is 1. The van der Waals surface area contributed by atoms with Crippen LogP contribution in [0.1, 0.15) is 6.42 Å². The molecule has 11 heavy (non-hydrogen) atoms. The minimum absolute atomic E-state index is 0.0105. The van der Waals surface area contributed by atoms with Crippen LogP contribution in [0.25, 0.3) is 0 Å². The summed E-state index contributed by atoms with van der Waals surface area (Å²) in [6.07, 6.45) is 7.45. The van der Waals surface area contributed by atoms with E-state index in [0.29, 0.717) is 6.42 Å². The summed E-state index contributed by atoms with van der Waals surface area (Å²) in [4.78, 5) is 14.9.